The first-order valence-electron chi connectivity index (χ1n) is 7.46. The molecule has 2 nitrogen and oxygen atoms in total. The van der Waals surface area contributed by atoms with Crippen molar-refractivity contribution in [3.05, 3.63) is 35.4 Å². The van der Waals surface area contributed by atoms with Gasteiger partial charge in [-0.25, -0.2) is 0 Å². The molecule has 0 aliphatic heterocycles. The Labute approximate surface area is 116 Å². The molecule has 2 rings (SSSR count). The molecular weight excluding hydrogens is 232 g/mol. The van der Waals surface area contributed by atoms with Crippen molar-refractivity contribution >= 4 is 0 Å². The van der Waals surface area contributed by atoms with Crippen molar-refractivity contribution in [3.63, 3.8) is 0 Å². The van der Waals surface area contributed by atoms with Gasteiger partial charge in [0.25, 0.3) is 0 Å². The van der Waals surface area contributed by atoms with Crippen molar-refractivity contribution in [2.75, 3.05) is 6.54 Å². The summed E-state index contributed by atoms with van der Waals surface area (Å²) in [5.74, 6) is 1.80. The molecule has 19 heavy (non-hydrogen) atoms. The van der Waals surface area contributed by atoms with E-state index in [-0.39, 0.29) is 0 Å². The first-order chi connectivity index (χ1) is 9.26. The SMILES string of the molecule is CC(C1CCCCC1)C(CN)c1cccc(C#N)c1. The summed E-state index contributed by atoms with van der Waals surface area (Å²) < 4.78 is 0. The lowest BCUT2D eigenvalue weighted by Gasteiger charge is -2.33. The molecule has 1 aromatic carbocycles. The molecule has 0 amide bonds. The molecule has 0 spiro atoms. The molecular formula is C17H24N2. The maximum Gasteiger partial charge on any atom is 0.0991 e. The zero-order chi connectivity index (χ0) is 13.7. The van der Waals surface area contributed by atoms with Gasteiger partial charge in [0.15, 0.2) is 0 Å². The van der Waals surface area contributed by atoms with Gasteiger partial charge in [-0.05, 0) is 42.0 Å². The summed E-state index contributed by atoms with van der Waals surface area (Å²) in [7, 11) is 0. The molecule has 0 saturated heterocycles. The highest BCUT2D eigenvalue weighted by molar-refractivity contribution is 5.34. The number of hydrogen-bond donors (Lipinski definition) is 1. The molecule has 2 N–H and O–H groups in total. The molecule has 1 aliphatic carbocycles. The highest BCUT2D eigenvalue weighted by atomic mass is 14.6. The maximum absolute atomic E-state index is 9.02. The van der Waals surface area contributed by atoms with E-state index in [1.54, 1.807) is 0 Å². The number of nitriles is 1. The number of rotatable bonds is 4. The van der Waals surface area contributed by atoms with Crippen LogP contribution in [0.25, 0.3) is 0 Å². The van der Waals surface area contributed by atoms with Gasteiger partial charge in [0, 0.05) is 0 Å². The van der Waals surface area contributed by atoms with Gasteiger partial charge in [0.1, 0.15) is 0 Å². The fourth-order valence-corrected chi connectivity index (χ4v) is 3.48. The number of hydrogen-bond acceptors (Lipinski definition) is 2. The largest absolute Gasteiger partial charge is 0.330 e. The van der Waals surface area contributed by atoms with Gasteiger partial charge in [-0.15, -0.1) is 0 Å². The fourth-order valence-electron chi connectivity index (χ4n) is 3.48. The average Bonchev–Trinajstić information content (AvgIpc) is 2.49. The van der Waals surface area contributed by atoms with Crippen molar-refractivity contribution in [2.24, 2.45) is 17.6 Å². The fraction of sp³-hybridized carbons (Fsp3) is 0.588. The highest BCUT2D eigenvalue weighted by Crippen LogP contribution is 2.37. The Kier molecular flexibility index (Phi) is 4.99. The van der Waals surface area contributed by atoms with Crippen LogP contribution in [0.4, 0.5) is 0 Å². The van der Waals surface area contributed by atoms with E-state index >= 15 is 0 Å². The van der Waals surface area contributed by atoms with E-state index in [1.807, 2.05) is 18.2 Å². The van der Waals surface area contributed by atoms with Crippen LogP contribution in [0.1, 0.15) is 56.1 Å². The molecule has 2 heteroatoms. The molecule has 1 saturated carbocycles. The number of nitrogens with two attached hydrogens (primary N) is 1. The monoisotopic (exact) mass is 256 g/mol. The van der Waals surface area contributed by atoms with Gasteiger partial charge in [0.2, 0.25) is 0 Å². The molecule has 2 unspecified atom stereocenters. The molecule has 0 bridgehead atoms. The van der Waals surface area contributed by atoms with E-state index in [0.717, 1.165) is 11.5 Å². The van der Waals surface area contributed by atoms with E-state index in [9.17, 15) is 0 Å². The topological polar surface area (TPSA) is 49.8 Å². The van der Waals surface area contributed by atoms with Crippen molar-refractivity contribution in [2.45, 2.75) is 44.9 Å². The molecule has 1 fully saturated rings. The molecule has 0 aromatic heterocycles. The van der Waals surface area contributed by atoms with E-state index < -0.39 is 0 Å². The van der Waals surface area contributed by atoms with Gasteiger partial charge < -0.3 is 5.73 Å². The molecule has 1 aliphatic rings. The lowest BCUT2D eigenvalue weighted by molar-refractivity contribution is 0.233. The van der Waals surface area contributed by atoms with E-state index in [0.29, 0.717) is 18.4 Å². The normalized spacial score (nSPS) is 19.6. The highest BCUT2D eigenvalue weighted by Gasteiger charge is 2.27. The second-order valence-corrected chi connectivity index (χ2v) is 5.84. The Morgan fingerprint density at radius 2 is 2.05 bits per heavy atom. The zero-order valence-corrected chi connectivity index (χ0v) is 11.8. The Morgan fingerprint density at radius 1 is 1.32 bits per heavy atom. The van der Waals surface area contributed by atoms with Crippen LogP contribution in [0, 0.1) is 23.2 Å². The van der Waals surface area contributed by atoms with Crippen LogP contribution in [0.5, 0.6) is 0 Å². The lowest BCUT2D eigenvalue weighted by Crippen LogP contribution is -2.27. The van der Waals surface area contributed by atoms with Crippen LogP contribution in [-0.4, -0.2) is 6.54 Å². The minimum Gasteiger partial charge on any atom is -0.330 e. The van der Waals surface area contributed by atoms with Crippen LogP contribution in [0.2, 0.25) is 0 Å². The van der Waals surface area contributed by atoms with E-state index in [2.05, 4.69) is 19.1 Å². The Morgan fingerprint density at radius 3 is 2.68 bits per heavy atom. The third kappa shape index (κ3) is 3.36. The summed E-state index contributed by atoms with van der Waals surface area (Å²) in [5, 5.41) is 9.02. The van der Waals surface area contributed by atoms with Crippen molar-refractivity contribution in [1.82, 2.24) is 0 Å². The van der Waals surface area contributed by atoms with E-state index in [1.165, 1.54) is 37.7 Å². The Balaban J connectivity index is 2.15. The summed E-state index contributed by atoms with van der Waals surface area (Å²) in [4.78, 5) is 0. The summed E-state index contributed by atoms with van der Waals surface area (Å²) in [6.07, 6.45) is 6.81. The van der Waals surface area contributed by atoms with Crippen molar-refractivity contribution < 1.29 is 0 Å². The maximum atomic E-state index is 9.02. The standard InChI is InChI=1S/C17H24N2/c1-13(15-7-3-2-4-8-15)17(12-19)16-9-5-6-14(10-16)11-18/h5-6,9-10,13,15,17H,2-4,7-8,12,19H2,1H3. The van der Waals surface area contributed by atoms with Crippen LogP contribution < -0.4 is 5.73 Å². The van der Waals surface area contributed by atoms with Crippen LogP contribution in [0.15, 0.2) is 24.3 Å². The van der Waals surface area contributed by atoms with E-state index in [4.69, 9.17) is 11.0 Å². The Hall–Kier alpha value is -1.33. The minimum absolute atomic E-state index is 0.386. The molecule has 0 radical (unpaired) electrons. The second-order valence-electron chi connectivity index (χ2n) is 5.84. The lowest BCUT2D eigenvalue weighted by atomic mass is 9.73. The van der Waals surface area contributed by atoms with Crippen LogP contribution in [0.3, 0.4) is 0 Å². The summed E-state index contributed by atoms with van der Waals surface area (Å²) in [6, 6.07) is 10.2. The summed E-state index contributed by atoms with van der Waals surface area (Å²) >= 11 is 0. The van der Waals surface area contributed by atoms with Crippen molar-refractivity contribution in [1.29, 1.82) is 5.26 Å². The number of nitrogens with zero attached hydrogens (tertiary/aromatic N) is 1. The quantitative estimate of drug-likeness (QED) is 0.890. The first-order valence-corrected chi connectivity index (χ1v) is 7.46. The third-order valence-electron chi connectivity index (χ3n) is 4.73. The van der Waals surface area contributed by atoms with Gasteiger partial charge in [-0.3, -0.25) is 0 Å². The van der Waals surface area contributed by atoms with Gasteiger partial charge in [-0.2, -0.15) is 5.26 Å². The van der Waals surface area contributed by atoms with Gasteiger partial charge >= 0.3 is 0 Å². The predicted molar refractivity (Wildman–Crippen MR) is 78.7 cm³/mol. The average molecular weight is 256 g/mol. The van der Waals surface area contributed by atoms with Crippen LogP contribution in [-0.2, 0) is 0 Å². The molecule has 2 atom stereocenters. The Bertz CT molecular complexity index is 441. The van der Waals surface area contributed by atoms with Crippen LogP contribution >= 0.6 is 0 Å². The molecule has 102 valence electrons. The zero-order valence-electron chi connectivity index (χ0n) is 11.8. The summed E-state index contributed by atoms with van der Waals surface area (Å²) in [6.45, 7) is 3.01. The number of benzene rings is 1. The third-order valence-corrected chi connectivity index (χ3v) is 4.73. The second kappa shape index (κ2) is 6.73. The summed E-state index contributed by atoms with van der Waals surface area (Å²) in [5.41, 5.74) is 8.00. The smallest absolute Gasteiger partial charge is 0.0991 e. The molecule has 1 aromatic rings. The minimum atomic E-state index is 0.386. The first kappa shape index (κ1) is 14.1. The molecule has 0 heterocycles. The predicted octanol–water partition coefficient (Wildman–Crippen LogP) is 3.82. The van der Waals surface area contributed by atoms with Gasteiger partial charge in [0.05, 0.1) is 11.6 Å². The van der Waals surface area contributed by atoms with Gasteiger partial charge in [-0.1, -0.05) is 51.2 Å². The van der Waals surface area contributed by atoms with Crippen molar-refractivity contribution in [3.8, 4) is 6.07 Å².